The lowest BCUT2D eigenvalue weighted by atomic mass is 10.0. The highest BCUT2D eigenvalue weighted by Crippen LogP contribution is 2.33. The summed E-state index contributed by atoms with van der Waals surface area (Å²) in [5.41, 5.74) is 3.21. The zero-order valence-corrected chi connectivity index (χ0v) is 15.2. The van der Waals surface area contributed by atoms with Crippen LogP contribution in [0.2, 0.25) is 5.02 Å². The van der Waals surface area contributed by atoms with Crippen molar-refractivity contribution in [2.24, 2.45) is 0 Å². The van der Waals surface area contributed by atoms with Crippen molar-refractivity contribution in [2.75, 3.05) is 5.32 Å². The van der Waals surface area contributed by atoms with Crippen molar-refractivity contribution in [3.05, 3.63) is 81.1 Å². The highest BCUT2D eigenvalue weighted by atomic mass is 79.9. The Hall–Kier alpha value is -2.11. The number of rotatable bonds is 2. The number of aromatic nitrogens is 3. The predicted octanol–water partition coefficient (Wildman–Crippen LogP) is 5.06. The molecule has 3 aromatic rings. The molecule has 0 spiro atoms. The Morgan fingerprint density at radius 1 is 1.08 bits per heavy atom. The molecule has 0 fully saturated rings. The maximum Gasteiger partial charge on any atom is 0.226 e. The first-order valence-electron chi connectivity index (χ1n) is 7.53. The number of benzene rings is 2. The highest BCUT2D eigenvalue weighted by molar-refractivity contribution is 9.10. The minimum Gasteiger partial charge on any atom is -0.324 e. The first-order chi connectivity index (χ1) is 11.6. The predicted molar refractivity (Wildman–Crippen MR) is 100 cm³/mol. The van der Waals surface area contributed by atoms with Gasteiger partial charge in [0.15, 0.2) is 0 Å². The van der Waals surface area contributed by atoms with E-state index in [-0.39, 0.29) is 6.04 Å². The number of allylic oxidation sites excluding steroid dienone is 1. The van der Waals surface area contributed by atoms with Crippen molar-refractivity contribution in [3.63, 3.8) is 0 Å². The zero-order valence-electron chi connectivity index (χ0n) is 12.9. The molecule has 6 heteroatoms. The summed E-state index contributed by atoms with van der Waals surface area (Å²) in [6.07, 6.45) is 2.16. The van der Waals surface area contributed by atoms with Gasteiger partial charge in [0.25, 0.3) is 0 Å². The third-order valence-corrected chi connectivity index (χ3v) is 4.72. The van der Waals surface area contributed by atoms with E-state index >= 15 is 0 Å². The van der Waals surface area contributed by atoms with Gasteiger partial charge < -0.3 is 5.32 Å². The average Bonchev–Trinajstić information content (AvgIpc) is 2.95. The van der Waals surface area contributed by atoms with E-state index < -0.39 is 0 Å². The molecule has 2 aromatic carbocycles. The van der Waals surface area contributed by atoms with Crippen LogP contribution in [0.15, 0.2) is 59.1 Å². The van der Waals surface area contributed by atoms with Crippen LogP contribution in [-0.4, -0.2) is 14.8 Å². The summed E-state index contributed by atoms with van der Waals surface area (Å²) in [6.45, 7) is 1.90. The van der Waals surface area contributed by atoms with Crippen molar-refractivity contribution in [1.82, 2.24) is 14.8 Å². The van der Waals surface area contributed by atoms with Crippen molar-refractivity contribution in [2.45, 2.75) is 13.0 Å². The molecule has 1 aromatic heterocycles. The fourth-order valence-electron chi connectivity index (χ4n) is 2.80. The summed E-state index contributed by atoms with van der Waals surface area (Å²) in [7, 11) is 0. The topological polar surface area (TPSA) is 42.7 Å². The smallest absolute Gasteiger partial charge is 0.226 e. The lowest BCUT2D eigenvalue weighted by molar-refractivity contribution is 0.607. The van der Waals surface area contributed by atoms with Crippen molar-refractivity contribution in [3.8, 4) is 0 Å². The molecule has 0 unspecified atom stereocenters. The molecule has 1 atom stereocenters. The van der Waals surface area contributed by atoms with E-state index in [2.05, 4.69) is 49.5 Å². The van der Waals surface area contributed by atoms with Gasteiger partial charge in [-0.15, -0.1) is 0 Å². The second-order valence-electron chi connectivity index (χ2n) is 5.64. The van der Waals surface area contributed by atoms with Crippen LogP contribution < -0.4 is 5.32 Å². The van der Waals surface area contributed by atoms with Gasteiger partial charge in [-0.25, -0.2) is 4.68 Å². The minimum absolute atomic E-state index is 0.0128. The summed E-state index contributed by atoms with van der Waals surface area (Å²) in [5.74, 6) is 1.48. The Bertz CT molecular complexity index is 913. The van der Waals surface area contributed by atoms with Crippen LogP contribution in [0.25, 0.3) is 5.70 Å². The Labute approximate surface area is 153 Å². The van der Waals surface area contributed by atoms with Crippen LogP contribution in [0.5, 0.6) is 0 Å². The molecule has 1 aliphatic rings. The summed E-state index contributed by atoms with van der Waals surface area (Å²) >= 11 is 9.49. The summed E-state index contributed by atoms with van der Waals surface area (Å²) in [5, 5.41) is 8.62. The Balaban J connectivity index is 1.82. The van der Waals surface area contributed by atoms with Crippen molar-refractivity contribution >= 4 is 39.2 Å². The molecule has 1 aliphatic heterocycles. The number of nitrogens with one attached hydrogen (secondary N) is 1. The number of anilines is 1. The largest absolute Gasteiger partial charge is 0.324 e. The normalized spacial score (nSPS) is 16.3. The molecule has 1 N–H and O–H groups in total. The quantitative estimate of drug-likeness (QED) is 0.653. The second kappa shape index (κ2) is 6.07. The first-order valence-corrected chi connectivity index (χ1v) is 8.70. The third kappa shape index (κ3) is 2.85. The van der Waals surface area contributed by atoms with Gasteiger partial charge in [-0.1, -0.05) is 51.8 Å². The van der Waals surface area contributed by atoms with Gasteiger partial charge >= 0.3 is 0 Å². The number of hydrogen-bond acceptors (Lipinski definition) is 3. The molecule has 0 aliphatic carbocycles. The fraction of sp³-hybridized carbons (Fsp3) is 0.111. The molecule has 0 radical (unpaired) electrons. The summed E-state index contributed by atoms with van der Waals surface area (Å²) in [6, 6.07) is 16.0. The summed E-state index contributed by atoms with van der Waals surface area (Å²) < 4.78 is 2.97. The molecule has 0 saturated carbocycles. The van der Waals surface area contributed by atoms with E-state index in [1.807, 2.05) is 48.0 Å². The van der Waals surface area contributed by atoms with E-state index in [1.54, 1.807) is 0 Å². The van der Waals surface area contributed by atoms with E-state index in [0.29, 0.717) is 0 Å². The van der Waals surface area contributed by atoms with Crippen LogP contribution in [0, 0.1) is 6.92 Å². The monoisotopic (exact) mass is 400 g/mol. The van der Waals surface area contributed by atoms with Gasteiger partial charge in [0, 0.05) is 15.2 Å². The van der Waals surface area contributed by atoms with Crippen LogP contribution in [0.4, 0.5) is 5.95 Å². The Morgan fingerprint density at radius 2 is 1.79 bits per heavy atom. The van der Waals surface area contributed by atoms with Gasteiger partial charge in [0.05, 0.1) is 0 Å². The van der Waals surface area contributed by atoms with Gasteiger partial charge in [-0.05, 0) is 48.4 Å². The van der Waals surface area contributed by atoms with Crippen LogP contribution in [0.3, 0.4) is 0 Å². The summed E-state index contributed by atoms with van der Waals surface area (Å²) in [4.78, 5) is 4.50. The molecular formula is C18H14BrClN4. The van der Waals surface area contributed by atoms with E-state index in [4.69, 9.17) is 11.6 Å². The SMILES string of the molecule is Cc1nc2n(n1)[C@@H](c1ccc(Br)cc1)C=C(c1ccc(Cl)cc1)N2. The van der Waals surface area contributed by atoms with E-state index in [9.17, 15) is 0 Å². The van der Waals surface area contributed by atoms with E-state index in [0.717, 1.165) is 38.1 Å². The third-order valence-electron chi connectivity index (χ3n) is 3.94. The molecule has 0 bridgehead atoms. The highest BCUT2D eigenvalue weighted by Gasteiger charge is 2.24. The molecule has 0 saturated heterocycles. The first kappa shape index (κ1) is 15.4. The standard InChI is InChI=1S/C18H14BrClN4/c1-11-21-18-22-16(12-4-8-15(20)9-5-12)10-17(24(18)23-11)13-2-6-14(19)7-3-13/h2-10,17H,1H3,(H,21,22,23)/t17-/m1/s1. The fourth-order valence-corrected chi connectivity index (χ4v) is 3.19. The molecular weight excluding hydrogens is 388 g/mol. The number of fused-ring (bicyclic) bond motifs is 1. The van der Waals surface area contributed by atoms with E-state index in [1.165, 1.54) is 0 Å². The maximum absolute atomic E-state index is 6.00. The maximum atomic E-state index is 6.00. The molecule has 4 rings (SSSR count). The van der Waals surface area contributed by atoms with Gasteiger partial charge in [-0.3, -0.25) is 0 Å². The average molecular weight is 402 g/mol. The Morgan fingerprint density at radius 3 is 2.50 bits per heavy atom. The molecule has 120 valence electrons. The van der Waals surface area contributed by atoms with Crippen LogP contribution in [-0.2, 0) is 0 Å². The lowest BCUT2D eigenvalue weighted by Gasteiger charge is -2.24. The number of nitrogens with zero attached hydrogens (tertiary/aromatic N) is 3. The number of halogens is 2. The van der Waals surface area contributed by atoms with Gasteiger partial charge in [0.1, 0.15) is 11.9 Å². The van der Waals surface area contributed by atoms with Crippen molar-refractivity contribution < 1.29 is 0 Å². The molecule has 2 heterocycles. The number of aryl methyl sites for hydroxylation is 1. The lowest BCUT2D eigenvalue weighted by Crippen LogP contribution is -2.20. The van der Waals surface area contributed by atoms with Crippen LogP contribution in [0.1, 0.15) is 23.0 Å². The van der Waals surface area contributed by atoms with Gasteiger partial charge in [0.2, 0.25) is 5.95 Å². The Kier molecular flexibility index (Phi) is 3.90. The second-order valence-corrected chi connectivity index (χ2v) is 6.99. The number of hydrogen-bond donors (Lipinski definition) is 1. The molecule has 4 nitrogen and oxygen atoms in total. The zero-order chi connectivity index (χ0) is 16.7. The molecule has 24 heavy (non-hydrogen) atoms. The van der Waals surface area contributed by atoms with Crippen LogP contribution >= 0.6 is 27.5 Å². The molecule has 0 amide bonds. The van der Waals surface area contributed by atoms with Crippen molar-refractivity contribution in [1.29, 1.82) is 0 Å². The van der Waals surface area contributed by atoms with Gasteiger partial charge in [-0.2, -0.15) is 10.1 Å². The minimum atomic E-state index is -0.0128.